The maximum Gasteiger partial charge on any atom is 0.119 e. The first kappa shape index (κ1) is 16.6. The summed E-state index contributed by atoms with van der Waals surface area (Å²) in [5.41, 5.74) is 2.86. The standard InChI is InChI=1S/C22H27NO2/c1-2-7-19(8-3-1)25-20-12-14-23(15-13-20)16-17-24-22-11-10-18-6-4-5-9-21(18)22/h1-9,20,22H,10-17H2/t22-/m0/s1. The molecule has 0 unspecified atom stereocenters. The fourth-order valence-corrected chi connectivity index (χ4v) is 3.96. The van der Waals surface area contributed by atoms with E-state index in [2.05, 4.69) is 29.2 Å². The molecule has 1 aliphatic heterocycles. The van der Waals surface area contributed by atoms with E-state index in [4.69, 9.17) is 9.47 Å². The van der Waals surface area contributed by atoms with Gasteiger partial charge in [-0.05, 0) is 48.9 Å². The van der Waals surface area contributed by atoms with Crippen molar-refractivity contribution < 1.29 is 9.47 Å². The van der Waals surface area contributed by atoms with Gasteiger partial charge in [0.15, 0.2) is 0 Å². The van der Waals surface area contributed by atoms with Crippen LogP contribution in [0.2, 0.25) is 0 Å². The maximum absolute atomic E-state index is 6.18. The first-order valence-corrected chi connectivity index (χ1v) is 9.52. The third-order valence-corrected chi connectivity index (χ3v) is 5.38. The minimum atomic E-state index is 0.301. The largest absolute Gasteiger partial charge is 0.490 e. The van der Waals surface area contributed by atoms with E-state index >= 15 is 0 Å². The molecule has 2 aromatic carbocycles. The molecule has 0 saturated carbocycles. The van der Waals surface area contributed by atoms with E-state index in [-0.39, 0.29) is 0 Å². The highest BCUT2D eigenvalue weighted by molar-refractivity contribution is 5.33. The van der Waals surface area contributed by atoms with Crippen LogP contribution in [0, 0.1) is 0 Å². The Morgan fingerprint density at radius 3 is 2.48 bits per heavy atom. The third-order valence-electron chi connectivity index (χ3n) is 5.38. The fraction of sp³-hybridized carbons (Fsp3) is 0.455. The summed E-state index contributed by atoms with van der Waals surface area (Å²) in [5, 5.41) is 0. The van der Waals surface area contributed by atoms with Crippen molar-refractivity contribution in [2.75, 3.05) is 26.2 Å². The van der Waals surface area contributed by atoms with E-state index in [0.29, 0.717) is 12.2 Å². The molecule has 3 nitrogen and oxygen atoms in total. The molecule has 2 aliphatic rings. The quantitative estimate of drug-likeness (QED) is 0.787. The van der Waals surface area contributed by atoms with Crippen LogP contribution in [-0.2, 0) is 11.2 Å². The lowest BCUT2D eigenvalue weighted by Crippen LogP contribution is -2.39. The molecule has 1 aliphatic carbocycles. The van der Waals surface area contributed by atoms with Gasteiger partial charge in [0, 0.05) is 19.6 Å². The van der Waals surface area contributed by atoms with Gasteiger partial charge in [0.2, 0.25) is 0 Å². The van der Waals surface area contributed by atoms with Crippen molar-refractivity contribution in [2.45, 2.75) is 37.9 Å². The number of likely N-dealkylation sites (tertiary alicyclic amines) is 1. The van der Waals surface area contributed by atoms with Crippen LogP contribution in [0.5, 0.6) is 5.75 Å². The van der Waals surface area contributed by atoms with Gasteiger partial charge in [-0.3, -0.25) is 0 Å². The van der Waals surface area contributed by atoms with Crippen LogP contribution in [0.1, 0.15) is 36.5 Å². The van der Waals surface area contributed by atoms with E-state index in [0.717, 1.165) is 57.7 Å². The van der Waals surface area contributed by atoms with Gasteiger partial charge < -0.3 is 14.4 Å². The summed E-state index contributed by atoms with van der Waals surface area (Å²) in [6.45, 7) is 4.05. The molecule has 0 amide bonds. The summed E-state index contributed by atoms with van der Waals surface area (Å²) in [7, 11) is 0. The monoisotopic (exact) mass is 337 g/mol. The molecule has 0 spiro atoms. The Morgan fingerprint density at radius 1 is 0.880 bits per heavy atom. The normalized spacial score (nSPS) is 21.2. The maximum atomic E-state index is 6.18. The molecule has 4 rings (SSSR count). The number of piperidine rings is 1. The number of ether oxygens (including phenoxy) is 2. The Morgan fingerprint density at radius 2 is 1.64 bits per heavy atom. The van der Waals surface area contributed by atoms with Crippen molar-refractivity contribution in [2.24, 2.45) is 0 Å². The number of nitrogens with zero attached hydrogens (tertiary/aromatic N) is 1. The third kappa shape index (κ3) is 4.23. The van der Waals surface area contributed by atoms with Crippen LogP contribution in [0.15, 0.2) is 54.6 Å². The minimum Gasteiger partial charge on any atom is -0.490 e. The number of rotatable bonds is 6. The molecule has 1 atom stereocenters. The molecule has 0 aromatic heterocycles. The van der Waals surface area contributed by atoms with Gasteiger partial charge in [-0.1, -0.05) is 42.5 Å². The summed E-state index contributed by atoms with van der Waals surface area (Å²) >= 11 is 0. The first-order chi connectivity index (χ1) is 12.4. The van der Waals surface area contributed by atoms with Gasteiger partial charge in [0.25, 0.3) is 0 Å². The van der Waals surface area contributed by atoms with E-state index < -0.39 is 0 Å². The van der Waals surface area contributed by atoms with Crippen molar-refractivity contribution in [3.05, 3.63) is 65.7 Å². The van der Waals surface area contributed by atoms with E-state index in [1.165, 1.54) is 11.1 Å². The molecule has 0 N–H and O–H groups in total. The second-order valence-electron chi connectivity index (χ2n) is 7.07. The van der Waals surface area contributed by atoms with Gasteiger partial charge in [-0.25, -0.2) is 0 Å². The van der Waals surface area contributed by atoms with Gasteiger partial charge in [0.1, 0.15) is 11.9 Å². The predicted molar refractivity (Wildman–Crippen MR) is 100.0 cm³/mol. The lowest BCUT2D eigenvalue weighted by Gasteiger charge is -2.32. The summed E-state index contributed by atoms with van der Waals surface area (Å²) in [6.07, 6.45) is 5.13. The van der Waals surface area contributed by atoms with E-state index in [1.807, 2.05) is 30.3 Å². The van der Waals surface area contributed by atoms with Crippen molar-refractivity contribution in [1.29, 1.82) is 0 Å². The van der Waals surface area contributed by atoms with Gasteiger partial charge in [-0.2, -0.15) is 0 Å². The smallest absolute Gasteiger partial charge is 0.119 e. The Balaban J connectivity index is 1.17. The molecule has 2 aromatic rings. The molecule has 132 valence electrons. The topological polar surface area (TPSA) is 21.7 Å². The highest BCUT2D eigenvalue weighted by Crippen LogP contribution is 2.33. The Bertz CT molecular complexity index is 665. The summed E-state index contributed by atoms with van der Waals surface area (Å²) in [6, 6.07) is 18.9. The zero-order chi connectivity index (χ0) is 16.9. The van der Waals surface area contributed by atoms with Crippen LogP contribution >= 0.6 is 0 Å². The zero-order valence-electron chi connectivity index (χ0n) is 14.8. The van der Waals surface area contributed by atoms with Crippen LogP contribution in [0.3, 0.4) is 0 Å². The van der Waals surface area contributed by atoms with Crippen LogP contribution in [0.25, 0.3) is 0 Å². The van der Waals surface area contributed by atoms with Crippen LogP contribution in [0.4, 0.5) is 0 Å². The number of benzene rings is 2. The van der Waals surface area contributed by atoms with Crippen molar-refractivity contribution in [3.63, 3.8) is 0 Å². The highest BCUT2D eigenvalue weighted by Gasteiger charge is 2.24. The summed E-state index contributed by atoms with van der Waals surface area (Å²) < 4.78 is 12.3. The van der Waals surface area contributed by atoms with Crippen LogP contribution < -0.4 is 4.74 Å². The Kier molecular flexibility index (Phi) is 5.34. The molecule has 1 fully saturated rings. The van der Waals surface area contributed by atoms with Crippen LogP contribution in [-0.4, -0.2) is 37.2 Å². The molecule has 25 heavy (non-hydrogen) atoms. The van der Waals surface area contributed by atoms with Crippen molar-refractivity contribution in [1.82, 2.24) is 4.90 Å². The molecular weight excluding hydrogens is 310 g/mol. The predicted octanol–water partition coefficient (Wildman–Crippen LogP) is 4.23. The van der Waals surface area contributed by atoms with Crippen molar-refractivity contribution in [3.8, 4) is 5.75 Å². The number of hydrogen-bond acceptors (Lipinski definition) is 3. The fourth-order valence-electron chi connectivity index (χ4n) is 3.96. The second kappa shape index (κ2) is 8.03. The lowest BCUT2D eigenvalue weighted by molar-refractivity contribution is 0.0248. The van der Waals surface area contributed by atoms with E-state index in [1.54, 1.807) is 0 Å². The molecule has 1 heterocycles. The molecule has 3 heteroatoms. The highest BCUT2D eigenvalue weighted by atomic mass is 16.5. The Hall–Kier alpha value is -1.84. The Labute approximate surface area is 150 Å². The second-order valence-corrected chi connectivity index (χ2v) is 7.07. The minimum absolute atomic E-state index is 0.301. The SMILES string of the molecule is c1ccc(OC2CCN(CCO[C@H]3CCc4ccccc43)CC2)cc1. The molecule has 0 bridgehead atoms. The number of hydrogen-bond donors (Lipinski definition) is 0. The zero-order valence-corrected chi connectivity index (χ0v) is 14.8. The average molecular weight is 337 g/mol. The summed E-state index contributed by atoms with van der Waals surface area (Å²) in [5.74, 6) is 0.990. The first-order valence-electron chi connectivity index (χ1n) is 9.52. The molecule has 1 saturated heterocycles. The van der Waals surface area contributed by atoms with Gasteiger partial charge >= 0.3 is 0 Å². The van der Waals surface area contributed by atoms with Crippen molar-refractivity contribution >= 4 is 0 Å². The average Bonchev–Trinajstić information content (AvgIpc) is 3.07. The molecule has 0 radical (unpaired) electrons. The number of fused-ring (bicyclic) bond motifs is 1. The molecular formula is C22H27NO2. The van der Waals surface area contributed by atoms with Gasteiger partial charge in [0.05, 0.1) is 12.7 Å². The van der Waals surface area contributed by atoms with E-state index in [9.17, 15) is 0 Å². The number of para-hydroxylation sites is 1. The summed E-state index contributed by atoms with van der Waals surface area (Å²) in [4.78, 5) is 2.51. The van der Waals surface area contributed by atoms with Gasteiger partial charge in [-0.15, -0.1) is 0 Å². The lowest BCUT2D eigenvalue weighted by atomic mass is 10.1. The number of aryl methyl sites for hydroxylation is 1.